The normalized spacial score (nSPS) is 10.3. The summed E-state index contributed by atoms with van der Waals surface area (Å²) >= 11 is 0. The van der Waals surface area contributed by atoms with Crippen LogP contribution in [0.15, 0.2) is 18.2 Å². The van der Waals surface area contributed by atoms with E-state index in [9.17, 15) is 15.0 Å². The zero-order valence-electron chi connectivity index (χ0n) is 10.2. The molecule has 0 aromatic heterocycles. The van der Waals surface area contributed by atoms with Gasteiger partial charge in [0.25, 0.3) is 5.91 Å². The highest BCUT2D eigenvalue weighted by Crippen LogP contribution is 2.25. The second-order valence-corrected chi connectivity index (χ2v) is 3.53. The number of rotatable bonds is 7. The van der Waals surface area contributed by atoms with Crippen molar-refractivity contribution in [1.82, 2.24) is 5.32 Å². The molecule has 6 heteroatoms. The third-order valence-corrected chi connectivity index (χ3v) is 2.21. The van der Waals surface area contributed by atoms with Gasteiger partial charge in [-0.05, 0) is 12.1 Å². The fourth-order valence-corrected chi connectivity index (χ4v) is 1.33. The minimum Gasteiger partial charge on any atom is -0.507 e. The third kappa shape index (κ3) is 4.23. The van der Waals surface area contributed by atoms with Crippen molar-refractivity contribution in [2.24, 2.45) is 0 Å². The van der Waals surface area contributed by atoms with Gasteiger partial charge < -0.3 is 25.0 Å². The largest absolute Gasteiger partial charge is 0.507 e. The number of phenolic OH excluding ortho intramolecular Hbond substituents is 2. The van der Waals surface area contributed by atoms with Crippen molar-refractivity contribution in [3.05, 3.63) is 23.8 Å². The van der Waals surface area contributed by atoms with Crippen LogP contribution in [0.1, 0.15) is 10.4 Å². The average Bonchev–Trinajstić information content (AvgIpc) is 2.33. The summed E-state index contributed by atoms with van der Waals surface area (Å²) in [4.78, 5) is 11.7. The van der Waals surface area contributed by atoms with Gasteiger partial charge in [0.05, 0.1) is 19.8 Å². The molecule has 1 rings (SSSR count). The Morgan fingerprint density at radius 3 is 2.50 bits per heavy atom. The van der Waals surface area contributed by atoms with E-state index in [1.54, 1.807) is 7.11 Å². The molecule has 0 aliphatic carbocycles. The molecular formula is C12H17NO5. The van der Waals surface area contributed by atoms with Gasteiger partial charge in [-0.2, -0.15) is 0 Å². The van der Waals surface area contributed by atoms with Crippen LogP contribution in [0, 0.1) is 0 Å². The van der Waals surface area contributed by atoms with E-state index >= 15 is 0 Å². The van der Waals surface area contributed by atoms with E-state index in [2.05, 4.69) is 5.32 Å². The number of aromatic hydroxyl groups is 2. The lowest BCUT2D eigenvalue weighted by molar-refractivity contribution is 0.0691. The molecule has 0 spiro atoms. The molecule has 0 saturated heterocycles. The molecule has 0 atom stereocenters. The minimum atomic E-state index is -0.541. The van der Waals surface area contributed by atoms with Gasteiger partial charge in [-0.3, -0.25) is 4.79 Å². The number of nitrogens with one attached hydrogen (secondary N) is 1. The first kappa shape index (κ1) is 14.3. The molecule has 1 amide bonds. The molecule has 100 valence electrons. The van der Waals surface area contributed by atoms with Gasteiger partial charge in [0.2, 0.25) is 0 Å². The fraction of sp³-hybridized carbons (Fsp3) is 0.417. The first-order valence-corrected chi connectivity index (χ1v) is 5.52. The van der Waals surface area contributed by atoms with Crippen molar-refractivity contribution in [3.8, 4) is 11.5 Å². The van der Waals surface area contributed by atoms with Gasteiger partial charge in [-0.15, -0.1) is 0 Å². The van der Waals surface area contributed by atoms with Crippen molar-refractivity contribution in [1.29, 1.82) is 0 Å². The van der Waals surface area contributed by atoms with Crippen LogP contribution >= 0.6 is 0 Å². The van der Waals surface area contributed by atoms with E-state index in [0.29, 0.717) is 19.8 Å². The number of phenols is 2. The Labute approximate surface area is 105 Å². The van der Waals surface area contributed by atoms with E-state index in [1.165, 1.54) is 18.2 Å². The van der Waals surface area contributed by atoms with Gasteiger partial charge in [0.15, 0.2) is 0 Å². The highest BCUT2D eigenvalue weighted by molar-refractivity contribution is 5.99. The van der Waals surface area contributed by atoms with Gasteiger partial charge in [-0.25, -0.2) is 0 Å². The average molecular weight is 255 g/mol. The van der Waals surface area contributed by atoms with Gasteiger partial charge in [0.1, 0.15) is 17.1 Å². The Morgan fingerprint density at radius 2 is 1.89 bits per heavy atom. The van der Waals surface area contributed by atoms with Crippen molar-refractivity contribution < 1.29 is 24.5 Å². The summed E-state index contributed by atoms with van der Waals surface area (Å²) in [7, 11) is 1.58. The Balaban J connectivity index is 2.37. The summed E-state index contributed by atoms with van der Waals surface area (Å²) in [5.41, 5.74) is -0.130. The predicted molar refractivity (Wildman–Crippen MR) is 64.8 cm³/mol. The van der Waals surface area contributed by atoms with Gasteiger partial charge >= 0.3 is 0 Å². The van der Waals surface area contributed by atoms with Crippen LogP contribution in [0.25, 0.3) is 0 Å². The maximum atomic E-state index is 11.7. The lowest BCUT2D eigenvalue weighted by Crippen LogP contribution is -2.27. The Bertz CT molecular complexity index is 374. The predicted octanol–water partition coefficient (Wildman–Crippen LogP) is 0.491. The van der Waals surface area contributed by atoms with E-state index < -0.39 is 5.91 Å². The van der Waals surface area contributed by atoms with Crippen molar-refractivity contribution in [2.75, 3.05) is 33.5 Å². The summed E-state index contributed by atoms with van der Waals surface area (Å²) in [5, 5.41) is 21.5. The molecule has 0 unspecified atom stereocenters. The summed E-state index contributed by atoms with van der Waals surface area (Å²) in [6.45, 7) is 1.57. The quantitative estimate of drug-likeness (QED) is 0.617. The molecular weight excluding hydrogens is 238 g/mol. The number of amides is 1. The summed E-state index contributed by atoms with van der Waals surface area (Å²) in [6, 6.07) is 4.13. The molecule has 0 bridgehead atoms. The number of hydrogen-bond donors (Lipinski definition) is 3. The van der Waals surface area contributed by atoms with E-state index in [4.69, 9.17) is 9.47 Å². The van der Waals surface area contributed by atoms with Crippen LogP contribution in [0.5, 0.6) is 11.5 Å². The number of benzene rings is 1. The first-order chi connectivity index (χ1) is 8.66. The fourth-order valence-electron chi connectivity index (χ4n) is 1.33. The Morgan fingerprint density at radius 1 is 1.22 bits per heavy atom. The monoisotopic (exact) mass is 255 g/mol. The molecule has 1 aromatic rings. The van der Waals surface area contributed by atoms with Crippen LogP contribution in [-0.4, -0.2) is 49.6 Å². The van der Waals surface area contributed by atoms with E-state index in [-0.39, 0.29) is 23.6 Å². The first-order valence-electron chi connectivity index (χ1n) is 5.52. The second-order valence-electron chi connectivity index (χ2n) is 3.53. The van der Waals surface area contributed by atoms with Crippen LogP contribution in [0.3, 0.4) is 0 Å². The molecule has 0 aliphatic heterocycles. The van der Waals surface area contributed by atoms with Gasteiger partial charge in [0, 0.05) is 13.7 Å². The van der Waals surface area contributed by atoms with Crippen LogP contribution in [-0.2, 0) is 9.47 Å². The lowest BCUT2D eigenvalue weighted by Gasteiger charge is -2.08. The van der Waals surface area contributed by atoms with Crippen LogP contribution in [0.4, 0.5) is 0 Å². The standard InChI is InChI=1S/C12H17NO5/c1-17-7-8-18-6-5-13-12(16)11-9(14)3-2-4-10(11)15/h2-4,14-15H,5-8H2,1H3,(H,13,16). The molecule has 0 aliphatic rings. The molecule has 3 N–H and O–H groups in total. The van der Waals surface area contributed by atoms with Crippen molar-refractivity contribution in [3.63, 3.8) is 0 Å². The maximum Gasteiger partial charge on any atom is 0.258 e. The molecule has 0 fully saturated rings. The summed E-state index contributed by atoms with van der Waals surface area (Å²) in [5.74, 6) is -1.05. The molecule has 0 saturated carbocycles. The van der Waals surface area contributed by atoms with E-state index in [1.807, 2.05) is 0 Å². The Kier molecular flexibility index (Phi) is 5.96. The highest BCUT2D eigenvalue weighted by atomic mass is 16.5. The molecule has 0 heterocycles. The number of ether oxygens (including phenoxy) is 2. The van der Waals surface area contributed by atoms with E-state index in [0.717, 1.165) is 0 Å². The number of carbonyl (C=O) groups is 1. The van der Waals surface area contributed by atoms with Gasteiger partial charge in [-0.1, -0.05) is 6.07 Å². The molecule has 0 radical (unpaired) electrons. The zero-order chi connectivity index (χ0) is 13.4. The highest BCUT2D eigenvalue weighted by Gasteiger charge is 2.14. The van der Waals surface area contributed by atoms with Crippen LogP contribution in [0.2, 0.25) is 0 Å². The Hall–Kier alpha value is -1.79. The third-order valence-electron chi connectivity index (χ3n) is 2.21. The maximum absolute atomic E-state index is 11.7. The van der Waals surface area contributed by atoms with Crippen LogP contribution < -0.4 is 5.32 Å². The molecule has 6 nitrogen and oxygen atoms in total. The molecule has 18 heavy (non-hydrogen) atoms. The minimum absolute atomic E-state index is 0.130. The SMILES string of the molecule is COCCOCCNC(=O)c1c(O)cccc1O. The smallest absolute Gasteiger partial charge is 0.258 e. The summed E-state index contributed by atoms with van der Waals surface area (Å²) in [6.07, 6.45) is 0. The van der Waals surface area contributed by atoms with Crippen molar-refractivity contribution >= 4 is 5.91 Å². The van der Waals surface area contributed by atoms with Crippen molar-refractivity contribution in [2.45, 2.75) is 0 Å². The molecule has 1 aromatic carbocycles. The number of hydrogen-bond acceptors (Lipinski definition) is 5. The number of methoxy groups -OCH3 is 1. The zero-order valence-corrected chi connectivity index (χ0v) is 10.2. The second kappa shape index (κ2) is 7.52. The summed E-state index contributed by atoms with van der Waals surface area (Å²) < 4.78 is 9.95. The topological polar surface area (TPSA) is 88.0 Å². The number of carbonyl (C=O) groups excluding carboxylic acids is 1. The lowest BCUT2D eigenvalue weighted by atomic mass is 10.1.